The number of carbonyl (C=O) groups is 1. The number of rotatable bonds is 4. The Balaban J connectivity index is 2.21. The van der Waals surface area contributed by atoms with Gasteiger partial charge >= 0.3 is 0 Å². The predicted molar refractivity (Wildman–Crippen MR) is 54.7 cm³/mol. The summed E-state index contributed by atoms with van der Waals surface area (Å²) < 4.78 is 0. The average Bonchev–Trinajstić information content (AvgIpc) is 2.15. The topological polar surface area (TPSA) is 29.1 Å². The van der Waals surface area contributed by atoms with E-state index < -0.39 is 0 Å². The smallest absolute Gasteiger partial charge is 0.149 e. The molecule has 0 atom stereocenters. The Kier molecular flexibility index (Phi) is 4.43. The molecule has 1 rings (SSSR count). The van der Waals surface area contributed by atoms with Crippen LogP contribution in [-0.2, 0) is 4.79 Å². The summed E-state index contributed by atoms with van der Waals surface area (Å²) in [5.41, 5.74) is 0. The Morgan fingerprint density at radius 1 is 1.31 bits per heavy atom. The molecule has 1 aliphatic carbocycles. The van der Waals surface area contributed by atoms with E-state index in [1.807, 2.05) is 0 Å². The molecule has 1 N–H and O–H groups in total. The van der Waals surface area contributed by atoms with Crippen molar-refractivity contribution in [2.75, 3.05) is 6.54 Å². The maximum Gasteiger partial charge on any atom is 0.149 e. The van der Waals surface area contributed by atoms with Crippen LogP contribution in [0.2, 0.25) is 0 Å². The molecule has 76 valence electrons. The van der Waals surface area contributed by atoms with E-state index in [1.54, 1.807) is 0 Å². The molecule has 0 aromatic heterocycles. The van der Waals surface area contributed by atoms with Gasteiger partial charge in [0.15, 0.2) is 0 Å². The number of ketones is 1. The van der Waals surface area contributed by atoms with Crippen molar-refractivity contribution in [2.45, 2.75) is 52.0 Å². The Bertz CT molecular complexity index is 159. The summed E-state index contributed by atoms with van der Waals surface area (Å²) in [4.78, 5) is 11.6. The third-order valence-corrected chi connectivity index (χ3v) is 2.75. The molecule has 0 unspecified atom stereocenters. The van der Waals surface area contributed by atoms with Gasteiger partial charge in [0.2, 0.25) is 0 Å². The lowest BCUT2D eigenvalue weighted by atomic mass is 9.86. The third kappa shape index (κ3) is 3.90. The predicted octanol–water partition coefficient (Wildman–Crippen LogP) is 2.13. The van der Waals surface area contributed by atoms with Crippen LogP contribution < -0.4 is 5.32 Å². The van der Waals surface area contributed by atoms with E-state index in [0.717, 1.165) is 12.8 Å². The minimum atomic E-state index is 0.361. The lowest BCUT2D eigenvalue weighted by Gasteiger charge is -2.20. The second-order valence-electron chi connectivity index (χ2n) is 4.34. The molecule has 2 nitrogen and oxygen atoms in total. The maximum absolute atomic E-state index is 11.6. The maximum atomic E-state index is 11.6. The number of hydrogen-bond donors (Lipinski definition) is 1. The number of Topliss-reactive ketones (excluding diaryl/α,β-unsaturated/α-hetero) is 1. The average molecular weight is 183 g/mol. The number of carbonyl (C=O) groups excluding carboxylic acids is 1. The van der Waals surface area contributed by atoms with Crippen LogP contribution in [0, 0.1) is 5.92 Å². The van der Waals surface area contributed by atoms with Gasteiger partial charge in [-0.25, -0.2) is 0 Å². The van der Waals surface area contributed by atoms with Crippen molar-refractivity contribution in [2.24, 2.45) is 5.92 Å². The molecule has 1 saturated carbocycles. The van der Waals surface area contributed by atoms with Crippen LogP contribution in [0.3, 0.4) is 0 Å². The van der Waals surface area contributed by atoms with Crippen LogP contribution in [0.15, 0.2) is 0 Å². The van der Waals surface area contributed by atoms with Crippen LogP contribution in [0.25, 0.3) is 0 Å². The lowest BCUT2D eigenvalue weighted by molar-refractivity contribution is -0.123. The summed E-state index contributed by atoms with van der Waals surface area (Å²) in [7, 11) is 0. The number of hydrogen-bond acceptors (Lipinski definition) is 2. The van der Waals surface area contributed by atoms with Gasteiger partial charge in [-0.15, -0.1) is 0 Å². The van der Waals surface area contributed by atoms with Crippen molar-refractivity contribution in [1.82, 2.24) is 5.32 Å². The summed E-state index contributed by atoms with van der Waals surface area (Å²) in [6.07, 6.45) is 6.06. The van der Waals surface area contributed by atoms with Crippen LogP contribution in [0.4, 0.5) is 0 Å². The molecule has 0 aromatic rings. The highest BCUT2D eigenvalue weighted by Crippen LogP contribution is 2.23. The summed E-state index contributed by atoms with van der Waals surface area (Å²) in [6, 6.07) is 0.424. The molecule has 0 saturated heterocycles. The molecule has 0 aromatic carbocycles. The molecular weight excluding hydrogens is 162 g/mol. The molecular formula is C11H21NO. The molecule has 2 heteroatoms. The van der Waals surface area contributed by atoms with Crippen molar-refractivity contribution in [3.63, 3.8) is 0 Å². The van der Waals surface area contributed by atoms with E-state index in [4.69, 9.17) is 0 Å². The standard InChI is InChI=1S/C11H21NO/c1-9(2)12-8-11(13)10-6-4-3-5-7-10/h9-10,12H,3-8H2,1-2H3. The first-order valence-electron chi connectivity index (χ1n) is 5.46. The van der Waals surface area contributed by atoms with E-state index in [-0.39, 0.29) is 0 Å². The molecule has 1 aliphatic rings. The second kappa shape index (κ2) is 5.38. The van der Waals surface area contributed by atoms with Crippen molar-refractivity contribution < 1.29 is 4.79 Å². The summed E-state index contributed by atoms with van der Waals surface area (Å²) in [5, 5.41) is 3.19. The largest absolute Gasteiger partial charge is 0.308 e. The van der Waals surface area contributed by atoms with Crippen LogP contribution in [0.5, 0.6) is 0 Å². The first-order chi connectivity index (χ1) is 6.20. The van der Waals surface area contributed by atoms with E-state index in [9.17, 15) is 4.79 Å². The SMILES string of the molecule is CC(C)NCC(=O)C1CCCCC1. The lowest BCUT2D eigenvalue weighted by Crippen LogP contribution is -2.33. The van der Waals surface area contributed by atoms with Gasteiger partial charge in [0.25, 0.3) is 0 Å². The molecule has 0 spiro atoms. The van der Waals surface area contributed by atoms with Crippen LogP contribution in [-0.4, -0.2) is 18.4 Å². The fraction of sp³-hybridized carbons (Fsp3) is 0.909. The molecule has 0 heterocycles. The highest BCUT2D eigenvalue weighted by atomic mass is 16.1. The first kappa shape index (κ1) is 10.7. The monoisotopic (exact) mass is 183 g/mol. The van der Waals surface area contributed by atoms with Crippen molar-refractivity contribution in [1.29, 1.82) is 0 Å². The highest BCUT2D eigenvalue weighted by molar-refractivity contribution is 5.83. The van der Waals surface area contributed by atoms with Gasteiger partial charge in [-0.2, -0.15) is 0 Å². The molecule has 0 bridgehead atoms. The van der Waals surface area contributed by atoms with Crippen molar-refractivity contribution >= 4 is 5.78 Å². The quantitative estimate of drug-likeness (QED) is 0.723. The highest BCUT2D eigenvalue weighted by Gasteiger charge is 2.20. The zero-order valence-electron chi connectivity index (χ0n) is 8.81. The molecule has 1 fully saturated rings. The van der Waals surface area contributed by atoms with E-state index in [2.05, 4.69) is 19.2 Å². The molecule has 0 radical (unpaired) electrons. The molecule has 0 amide bonds. The van der Waals surface area contributed by atoms with Gasteiger partial charge < -0.3 is 5.32 Å². The first-order valence-corrected chi connectivity index (χ1v) is 5.46. The summed E-state index contributed by atoms with van der Waals surface area (Å²) >= 11 is 0. The van der Waals surface area contributed by atoms with E-state index in [1.165, 1.54) is 19.3 Å². The third-order valence-electron chi connectivity index (χ3n) is 2.75. The Labute approximate surface area is 81.1 Å². The fourth-order valence-corrected chi connectivity index (χ4v) is 1.87. The zero-order chi connectivity index (χ0) is 9.68. The van der Waals surface area contributed by atoms with Gasteiger partial charge in [-0.3, -0.25) is 4.79 Å². The second-order valence-corrected chi connectivity index (χ2v) is 4.34. The molecule has 13 heavy (non-hydrogen) atoms. The van der Waals surface area contributed by atoms with E-state index in [0.29, 0.717) is 24.3 Å². The van der Waals surface area contributed by atoms with Gasteiger partial charge in [0.05, 0.1) is 6.54 Å². The fourth-order valence-electron chi connectivity index (χ4n) is 1.87. The minimum Gasteiger partial charge on any atom is -0.308 e. The van der Waals surface area contributed by atoms with Gasteiger partial charge in [-0.05, 0) is 12.8 Å². The van der Waals surface area contributed by atoms with Gasteiger partial charge in [-0.1, -0.05) is 33.1 Å². The summed E-state index contributed by atoms with van der Waals surface area (Å²) in [6.45, 7) is 4.73. The van der Waals surface area contributed by atoms with Crippen molar-refractivity contribution in [3.05, 3.63) is 0 Å². The van der Waals surface area contributed by atoms with Gasteiger partial charge in [0, 0.05) is 12.0 Å². The minimum absolute atomic E-state index is 0.361. The van der Waals surface area contributed by atoms with Crippen LogP contribution >= 0.6 is 0 Å². The van der Waals surface area contributed by atoms with Gasteiger partial charge in [0.1, 0.15) is 5.78 Å². The van der Waals surface area contributed by atoms with Crippen LogP contribution in [0.1, 0.15) is 46.0 Å². The number of nitrogens with one attached hydrogen (secondary N) is 1. The summed E-state index contributed by atoms with van der Waals surface area (Å²) in [5.74, 6) is 0.786. The van der Waals surface area contributed by atoms with Crippen molar-refractivity contribution in [3.8, 4) is 0 Å². The van der Waals surface area contributed by atoms with E-state index >= 15 is 0 Å². The zero-order valence-corrected chi connectivity index (χ0v) is 8.81. The normalized spacial score (nSPS) is 19.3. The Morgan fingerprint density at radius 3 is 2.46 bits per heavy atom. The molecule has 0 aliphatic heterocycles. The Hall–Kier alpha value is -0.370. The Morgan fingerprint density at radius 2 is 1.92 bits per heavy atom.